The van der Waals surface area contributed by atoms with Crippen molar-refractivity contribution in [3.8, 4) is 0 Å². The predicted molar refractivity (Wildman–Crippen MR) is 105 cm³/mol. The number of hydrogen-bond donors (Lipinski definition) is 2. The number of guanidine groups is 1. The molecule has 0 aliphatic rings. The van der Waals surface area contributed by atoms with Gasteiger partial charge in [-0.25, -0.2) is 0 Å². The number of ether oxygens (including phenoxy) is 1. The first kappa shape index (κ1) is 21.7. The second-order valence-electron chi connectivity index (χ2n) is 5.45. The first-order valence-corrected chi connectivity index (χ1v) is 7.65. The van der Waals surface area contributed by atoms with Gasteiger partial charge >= 0.3 is 5.97 Å². The average Bonchev–Trinajstić information content (AvgIpc) is 2.56. The van der Waals surface area contributed by atoms with Crippen molar-refractivity contribution in [3.63, 3.8) is 0 Å². The lowest BCUT2D eigenvalue weighted by Gasteiger charge is -2.19. The molecule has 0 heterocycles. The Morgan fingerprint density at radius 3 is 2.48 bits per heavy atom. The van der Waals surface area contributed by atoms with Crippen molar-refractivity contribution in [3.05, 3.63) is 35.9 Å². The molecule has 2 atom stereocenters. The quantitative estimate of drug-likeness (QED) is 0.301. The highest BCUT2D eigenvalue weighted by Crippen LogP contribution is 2.04. The summed E-state index contributed by atoms with van der Waals surface area (Å²) in [6.07, 6.45) is 2.03. The molecule has 23 heavy (non-hydrogen) atoms. The summed E-state index contributed by atoms with van der Waals surface area (Å²) in [5, 5.41) is 6.49. The van der Waals surface area contributed by atoms with Crippen LogP contribution in [0.3, 0.4) is 0 Å². The number of hydrogen-bond acceptors (Lipinski definition) is 3. The Labute approximate surface area is 156 Å². The number of rotatable bonds is 7. The van der Waals surface area contributed by atoms with E-state index < -0.39 is 0 Å². The zero-order valence-corrected chi connectivity index (χ0v) is 16.7. The number of benzene rings is 1. The van der Waals surface area contributed by atoms with Gasteiger partial charge in [-0.1, -0.05) is 37.3 Å². The van der Waals surface area contributed by atoms with Gasteiger partial charge in [0.25, 0.3) is 0 Å². The van der Waals surface area contributed by atoms with Crippen LogP contribution in [0.2, 0.25) is 0 Å². The van der Waals surface area contributed by atoms with E-state index in [2.05, 4.69) is 46.8 Å². The number of aliphatic imine (C=N–C) groups is 1. The van der Waals surface area contributed by atoms with E-state index in [0.717, 1.165) is 12.8 Å². The van der Waals surface area contributed by atoms with Crippen molar-refractivity contribution in [2.45, 2.75) is 32.7 Å². The van der Waals surface area contributed by atoms with Crippen LogP contribution in [0.5, 0.6) is 0 Å². The number of methoxy groups -OCH3 is 1. The second-order valence-corrected chi connectivity index (χ2v) is 5.45. The first-order valence-electron chi connectivity index (χ1n) is 7.65. The summed E-state index contributed by atoms with van der Waals surface area (Å²) < 4.78 is 4.71. The Kier molecular flexibility index (Phi) is 11.5. The molecule has 130 valence electrons. The highest BCUT2D eigenvalue weighted by Gasteiger charge is 2.14. The van der Waals surface area contributed by atoms with Gasteiger partial charge in [-0.2, -0.15) is 0 Å². The molecular weight excluding hydrogens is 405 g/mol. The van der Waals surface area contributed by atoms with Crippen LogP contribution in [0.25, 0.3) is 0 Å². The van der Waals surface area contributed by atoms with E-state index in [-0.39, 0.29) is 35.9 Å². The number of halogens is 1. The molecule has 0 aromatic heterocycles. The highest BCUT2D eigenvalue weighted by molar-refractivity contribution is 14.0. The van der Waals surface area contributed by atoms with E-state index >= 15 is 0 Å². The molecule has 2 unspecified atom stereocenters. The highest BCUT2D eigenvalue weighted by atomic mass is 127. The molecule has 0 saturated heterocycles. The summed E-state index contributed by atoms with van der Waals surface area (Å²) in [4.78, 5) is 15.6. The molecule has 0 bridgehead atoms. The standard InChI is InChI=1S/C17H27N3O2.HI/c1-13(16(21)22-4)12-19-17(18-3)20-14(2)10-11-15-8-6-5-7-9-15;/h5-9,13-14H,10-12H2,1-4H3,(H2,18,19,20);1H. The summed E-state index contributed by atoms with van der Waals surface area (Å²) in [5.41, 5.74) is 1.33. The van der Waals surface area contributed by atoms with Crippen LogP contribution >= 0.6 is 24.0 Å². The summed E-state index contributed by atoms with van der Waals surface area (Å²) in [6, 6.07) is 10.7. The SMILES string of the molecule is CN=C(NCC(C)C(=O)OC)NC(C)CCc1ccccc1.I. The zero-order valence-electron chi connectivity index (χ0n) is 14.3. The van der Waals surface area contributed by atoms with E-state index in [1.54, 1.807) is 7.05 Å². The molecule has 1 rings (SSSR count). The predicted octanol–water partition coefficient (Wildman–Crippen LogP) is 2.60. The Hall–Kier alpha value is -1.31. The van der Waals surface area contributed by atoms with Gasteiger partial charge in [-0.15, -0.1) is 24.0 Å². The third-order valence-electron chi connectivity index (χ3n) is 3.49. The molecule has 0 aliphatic carbocycles. The monoisotopic (exact) mass is 433 g/mol. The summed E-state index contributed by atoms with van der Waals surface area (Å²) >= 11 is 0. The smallest absolute Gasteiger partial charge is 0.310 e. The van der Waals surface area contributed by atoms with Crippen molar-refractivity contribution >= 4 is 35.9 Å². The lowest BCUT2D eigenvalue weighted by molar-refractivity contribution is -0.144. The van der Waals surface area contributed by atoms with Crippen LogP contribution in [-0.4, -0.2) is 38.7 Å². The molecule has 0 amide bonds. The van der Waals surface area contributed by atoms with Gasteiger partial charge in [0.1, 0.15) is 0 Å². The maximum Gasteiger partial charge on any atom is 0.310 e. The molecule has 5 nitrogen and oxygen atoms in total. The van der Waals surface area contributed by atoms with Crippen molar-refractivity contribution < 1.29 is 9.53 Å². The lowest BCUT2D eigenvalue weighted by atomic mass is 10.1. The van der Waals surface area contributed by atoms with E-state index in [1.807, 2.05) is 13.0 Å². The minimum absolute atomic E-state index is 0. The van der Waals surface area contributed by atoms with Crippen LogP contribution in [0.4, 0.5) is 0 Å². The van der Waals surface area contributed by atoms with E-state index in [0.29, 0.717) is 18.5 Å². The minimum Gasteiger partial charge on any atom is -0.469 e. The largest absolute Gasteiger partial charge is 0.469 e. The van der Waals surface area contributed by atoms with E-state index in [1.165, 1.54) is 12.7 Å². The second kappa shape index (κ2) is 12.2. The summed E-state index contributed by atoms with van der Waals surface area (Å²) in [5.74, 6) is 0.277. The van der Waals surface area contributed by atoms with Gasteiger partial charge < -0.3 is 15.4 Å². The molecule has 2 N–H and O–H groups in total. The number of carbonyl (C=O) groups excluding carboxylic acids is 1. The molecule has 1 aromatic rings. The van der Waals surface area contributed by atoms with Gasteiger partial charge in [0.2, 0.25) is 0 Å². The number of nitrogens with one attached hydrogen (secondary N) is 2. The van der Waals surface area contributed by atoms with Crippen LogP contribution < -0.4 is 10.6 Å². The van der Waals surface area contributed by atoms with E-state index in [4.69, 9.17) is 4.74 Å². The third kappa shape index (κ3) is 8.78. The third-order valence-corrected chi connectivity index (χ3v) is 3.49. The van der Waals surface area contributed by atoms with Gasteiger partial charge in [-0.3, -0.25) is 9.79 Å². The van der Waals surface area contributed by atoms with E-state index in [9.17, 15) is 4.79 Å². The van der Waals surface area contributed by atoms with Gasteiger partial charge in [0.05, 0.1) is 13.0 Å². The fraction of sp³-hybridized carbons (Fsp3) is 0.529. The van der Waals surface area contributed by atoms with Crippen molar-refractivity contribution in [2.24, 2.45) is 10.9 Å². The van der Waals surface area contributed by atoms with Gasteiger partial charge in [0, 0.05) is 19.6 Å². The molecule has 0 saturated carbocycles. The normalized spacial score (nSPS) is 13.5. The van der Waals surface area contributed by atoms with Crippen molar-refractivity contribution in [2.75, 3.05) is 20.7 Å². The Bertz CT molecular complexity index is 480. The molecule has 6 heteroatoms. The van der Waals surface area contributed by atoms with Crippen molar-refractivity contribution in [1.82, 2.24) is 10.6 Å². The fourth-order valence-electron chi connectivity index (χ4n) is 2.06. The lowest BCUT2D eigenvalue weighted by Crippen LogP contribution is -2.44. The number of nitrogens with zero attached hydrogens (tertiary/aromatic N) is 1. The van der Waals surface area contributed by atoms with Crippen molar-refractivity contribution in [1.29, 1.82) is 0 Å². The summed E-state index contributed by atoms with van der Waals surface area (Å²) in [6.45, 7) is 4.45. The van der Waals surface area contributed by atoms with Gasteiger partial charge in [0.15, 0.2) is 5.96 Å². The maximum absolute atomic E-state index is 11.4. The molecule has 0 aliphatic heterocycles. The van der Waals surface area contributed by atoms with Crippen LogP contribution in [0.1, 0.15) is 25.8 Å². The molecule has 0 spiro atoms. The Morgan fingerprint density at radius 2 is 1.91 bits per heavy atom. The number of aryl methyl sites for hydroxylation is 1. The maximum atomic E-state index is 11.4. The first-order chi connectivity index (χ1) is 10.6. The fourth-order valence-corrected chi connectivity index (χ4v) is 2.06. The topological polar surface area (TPSA) is 62.7 Å². The molecule has 0 fully saturated rings. The van der Waals surface area contributed by atoms with Crippen LogP contribution in [0, 0.1) is 5.92 Å². The number of carbonyl (C=O) groups is 1. The summed E-state index contributed by atoms with van der Waals surface area (Å²) in [7, 11) is 3.12. The molecule has 1 aromatic carbocycles. The zero-order chi connectivity index (χ0) is 16.4. The van der Waals surface area contributed by atoms with Crippen LogP contribution in [0.15, 0.2) is 35.3 Å². The van der Waals surface area contributed by atoms with Crippen LogP contribution in [-0.2, 0) is 16.0 Å². The number of esters is 1. The van der Waals surface area contributed by atoms with Gasteiger partial charge in [-0.05, 0) is 25.3 Å². The Balaban J connectivity index is 0.00000484. The average molecular weight is 433 g/mol. The molecule has 0 radical (unpaired) electrons. The minimum atomic E-state index is -0.222. The Morgan fingerprint density at radius 1 is 1.26 bits per heavy atom. The molecular formula is C17H28IN3O2.